The van der Waals surface area contributed by atoms with Crippen LogP contribution in [0, 0.1) is 0 Å². The van der Waals surface area contributed by atoms with Crippen LogP contribution in [0.5, 0.6) is 0 Å². The zero-order chi connectivity index (χ0) is 22.9. The Balaban J connectivity index is 3.01. The number of hydrogen-bond donors (Lipinski definition) is 3. The zero-order valence-corrected chi connectivity index (χ0v) is 18.9. The van der Waals surface area contributed by atoms with Crippen LogP contribution in [0.15, 0.2) is 96.2 Å². The summed E-state index contributed by atoms with van der Waals surface area (Å²) in [5.74, 6) is -0.141. The average Bonchev–Trinajstić information content (AvgIpc) is 2.73. The standard InChI is InChI=1S/C27H37NO3/c1-4-5-6-7-17-24-18-11-8-14-22(2)15-9-12-19-25(29)26(30)21-23(3)16-10-13-20-27(31)28-24/h6-16,19-21,24-26,29-30H,4-5,17-18H2,1-3H3,(H,28,31)/b7-6+,11-8+,15-9+,16-10+,19-12-,20-13+,22-14+,23-21-/t24-,25+,26-/m1/s1. The van der Waals surface area contributed by atoms with Crippen LogP contribution in [0.3, 0.4) is 0 Å². The number of carbonyl (C=O) groups is 1. The fraction of sp³-hybridized carbons (Fsp3) is 0.370. The number of aliphatic hydroxyl groups excluding tert-OH is 2. The highest BCUT2D eigenvalue weighted by molar-refractivity contribution is 5.88. The second-order valence-corrected chi connectivity index (χ2v) is 7.63. The second kappa shape index (κ2) is 16.1. The van der Waals surface area contributed by atoms with Crippen molar-refractivity contribution in [3.8, 4) is 0 Å². The first-order valence-corrected chi connectivity index (χ1v) is 11.0. The van der Waals surface area contributed by atoms with Crippen LogP contribution in [0.1, 0.15) is 46.5 Å². The normalized spacial score (nSPS) is 32.7. The molecule has 0 aromatic heterocycles. The lowest BCUT2D eigenvalue weighted by Gasteiger charge is -2.14. The van der Waals surface area contributed by atoms with Crippen LogP contribution in [0.2, 0.25) is 0 Å². The molecule has 3 atom stereocenters. The smallest absolute Gasteiger partial charge is 0.244 e. The summed E-state index contributed by atoms with van der Waals surface area (Å²) in [5, 5.41) is 23.2. The highest BCUT2D eigenvalue weighted by Crippen LogP contribution is 2.06. The second-order valence-electron chi connectivity index (χ2n) is 7.63. The molecular formula is C27H37NO3. The van der Waals surface area contributed by atoms with E-state index in [0.29, 0.717) is 0 Å². The molecule has 3 N–H and O–H groups in total. The third-order valence-corrected chi connectivity index (χ3v) is 4.58. The minimum absolute atomic E-state index is 0.0292. The predicted octanol–water partition coefficient (Wildman–Crippen LogP) is 5.02. The van der Waals surface area contributed by atoms with E-state index in [1.165, 1.54) is 6.08 Å². The van der Waals surface area contributed by atoms with Crippen molar-refractivity contribution in [1.82, 2.24) is 5.32 Å². The number of carbonyl (C=O) groups excluding carboxylic acids is 1. The largest absolute Gasteiger partial charge is 0.386 e. The molecule has 1 rings (SSSR count). The first-order chi connectivity index (χ1) is 14.9. The van der Waals surface area contributed by atoms with Gasteiger partial charge in [0.15, 0.2) is 0 Å². The summed E-state index contributed by atoms with van der Waals surface area (Å²) in [6, 6.07) is 0.0292. The predicted molar refractivity (Wildman–Crippen MR) is 130 cm³/mol. The van der Waals surface area contributed by atoms with E-state index in [1.54, 1.807) is 36.5 Å². The molecule has 1 heterocycles. The van der Waals surface area contributed by atoms with Gasteiger partial charge in [0.25, 0.3) is 0 Å². The van der Waals surface area contributed by atoms with E-state index in [9.17, 15) is 15.0 Å². The van der Waals surface area contributed by atoms with Gasteiger partial charge >= 0.3 is 0 Å². The van der Waals surface area contributed by atoms with Gasteiger partial charge in [0, 0.05) is 12.1 Å². The van der Waals surface area contributed by atoms with E-state index in [-0.39, 0.29) is 11.9 Å². The highest BCUT2D eigenvalue weighted by atomic mass is 16.3. The molecular weight excluding hydrogens is 386 g/mol. The topological polar surface area (TPSA) is 69.6 Å². The van der Waals surface area contributed by atoms with Crippen LogP contribution < -0.4 is 5.32 Å². The number of rotatable bonds is 4. The van der Waals surface area contributed by atoms with E-state index >= 15 is 0 Å². The number of amides is 1. The van der Waals surface area contributed by atoms with Gasteiger partial charge < -0.3 is 15.5 Å². The van der Waals surface area contributed by atoms with Crippen molar-refractivity contribution < 1.29 is 15.0 Å². The van der Waals surface area contributed by atoms with Gasteiger partial charge in [0.05, 0.1) is 0 Å². The summed E-state index contributed by atoms with van der Waals surface area (Å²) in [6.07, 6.45) is 27.3. The van der Waals surface area contributed by atoms with Gasteiger partial charge in [-0.2, -0.15) is 0 Å². The third kappa shape index (κ3) is 13.3. The fourth-order valence-electron chi connectivity index (χ4n) is 2.80. The van der Waals surface area contributed by atoms with E-state index in [2.05, 4.69) is 30.5 Å². The van der Waals surface area contributed by atoms with E-state index in [4.69, 9.17) is 0 Å². The number of nitrogens with one attached hydrogen (secondary N) is 1. The Kier molecular flexibility index (Phi) is 13.6. The molecule has 0 fully saturated rings. The van der Waals surface area contributed by atoms with Gasteiger partial charge in [0.2, 0.25) is 5.91 Å². The molecule has 31 heavy (non-hydrogen) atoms. The molecule has 0 spiro atoms. The number of aliphatic hydroxyl groups is 2. The minimum atomic E-state index is -1.01. The van der Waals surface area contributed by atoms with Crippen LogP contribution in [0.4, 0.5) is 0 Å². The third-order valence-electron chi connectivity index (χ3n) is 4.58. The molecule has 1 amide bonds. The summed E-state index contributed by atoms with van der Waals surface area (Å²) in [6.45, 7) is 5.96. The van der Waals surface area contributed by atoms with Gasteiger partial charge in [-0.1, -0.05) is 103 Å². The SMILES string of the molecule is CCC/C=C/C[C@@H]1C/C=C/C=C(C)/C=C/C=C\[C@H](O)[C@H](O)\C=C(C)/C=C/C=C/C(=O)N1. The summed E-state index contributed by atoms with van der Waals surface area (Å²) >= 11 is 0. The lowest BCUT2D eigenvalue weighted by molar-refractivity contribution is -0.117. The summed E-state index contributed by atoms with van der Waals surface area (Å²) in [4.78, 5) is 12.3. The first-order valence-electron chi connectivity index (χ1n) is 11.0. The molecule has 0 saturated heterocycles. The molecule has 0 aromatic rings. The monoisotopic (exact) mass is 423 g/mol. The van der Waals surface area contributed by atoms with Crippen molar-refractivity contribution in [3.05, 3.63) is 96.2 Å². The fourth-order valence-corrected chi connectivity index (χ4v) is 2.80. The molecule has 0 unspecified atom stereocenters. The highest BCUT2D eigenvalue weighted by Gasteiger charge is 2.09. The number of allylic oxidation sites excluding steroid dienone is 11. The molecule has 0 aliphatic carbocycles. The van der Waals surface area contributed by atoms with E-state index in [0.717, 1.165) is 36.8 Å². The van der Waals surface area contributed by atoms with Crippen LogP contribution in [-0.4, -0.2) is 34.4 Å². The van der Waals surface area contributed by atoms with Crippen molar-refractivity contribution in [2.75, 3.05) is 0 Å². The van der Waals surface area contributed by atoms with Crippen molar-refractivity contribution in [2.24, 2.45) is 0 Å². The van der Waals surface area contributed by atoms with Crippen molar-refractivity contribution in [3.63, 3.8) is 0 Å². The van der Waals surface area contributed by atoms with Crippen LogP contribution >= 0.6 is 0 Å². The Morgan fingerprint density at radius 3 is 2.45 bits per heavy atom. The maximum Gasteiger partial charge on any atom is 0.244 e. The van der Waals surface area contributed by atoms with E-state index in [1.807, 2.05) is 38.2 Å². The minimum Gasteiger partial charge on any atom is -0.386 e. The number of hydrogen-bond acceptors (Lipinski definition) is 3. The summed E-state index contributed by atoms with van der Waals surface area (Å²) < 4.78 is 0. The average molecular weight is 424 g/mol. The Bertz CT molecular complexity index is 778. The lowest BCUT2D eigenvalue weighted by Crippen LogP contribution is -2.32. The molecule has 0 aromatic carbocycles. The van der Waals surface area contributed by atoms with Crippen molar-refractivity contribution in [1.29, 1.82) is 0 Å². The van der Waals surface area contributed by atoms with E-state index < -0.39 is 12.2 Å². The summed E-state index contributed by atoms with van der Waals surface area (Å²) in [5.41, 5.74) is 1.84. The lowest BCUT2D eigenvalue weighted by atomic mass is 10.1. The Labute approximate surface area is 187 Å². The molecule has 168 valence electrons. The maximum absolute atomic E-state index is 12.3. The quantitative estimate of drug-likeness (QED) is 0.556. The maximum atomic E-state index is 12.3. The molecule has 0 bridgehead atoms. The Morgan fingerprint density at radius 1 is 0.968 bits per heavy atom. The number of unbranched alkanes of at least 4 members (excludes halogenated alkanes) is 1. The van der Waals surface area contributed by atoms with Gasteiger partial charge in [-0.05, 0) is 33.1 Å². The molecule has 1 aliphatic heterocycles. The van der Waals surface area contributed by atoms with Crippen molar-refractivity contribution in [2.45, 2.75) is 64.7 Å². The molecule has 0 radical (unpaired) electrons. The first kappa shape index (κ1) is 26.3. The van der Waals surface area contributed by atoms with Gasteiger partial charge in [-0.25, -0.2) is 0 Å². The molecule has 1 aliphatic rings. The van der Waals surface area contributed by atoms with Gasteiger partial charge in [0.1, 0.15) is 12.2 Å². The Hall–Kier alpha value is -2.69. The van der Waals surface area contributed by atoms with Crippen LogP contribution in [-0.2, 0) is 4.79 Å². The molecule has 4 heteroatoms. The zero-order valence-electron chi connectivity index (χ0n) is 18.9. The van der Waals surface area contributed by atoms with Crippen molar-refractivity contribution >= 4 is 5.91 Å². The van der Waals surface area contributed by atoms with Gasteiger partial charge in [-0.15, -0.1) is 0 Å². The van der Waals surface area contributed by atoms with Gasteiger partial charge in [-0.3, -0.25) is 4.79 Å². The summed E-state index contributed by atoms with van der Waals surface area (Å²) in [7, 11) is 0. The van der Waals surface area contributed by atoms with Crippen LogP contribution in [0.25, 0.3) is 0 Å². The molecule has 0 saturated carbocycles. The Morgan fingerprint density at radius 2 is 1.68 bits per heavy atom. The molecule has 4 nitrogen and oxygen atoms in total.